The van der Waals surface area contributed by atoms with E-state index in [-0.39, 0.29) is 23.5 Å². The SMILES string of the molecule is CCCCS(=O)(=O)N1CCC(C(=O)N2CCN(CC(=O)NCCC)CC2)CC1. The van der Waals surface area contributed by atoms with Gasteiger partial charge in [0.1, 0.15) is 0 Å². The molecule has 0 unspecified atom stereocenters. The summed E-state index contributed by atoms with van der Waals surface area (Å²) in [6.07, 6.45) is 3.67. The molecular weight excluding hydrogens is 380 g/mol. The number of nitrogens with zero attached hydrogens (tertiary/aromatic N) is 3. The number of unbranched alkanes of at least 4 members (excludes halogenated alkanes) is 1. The molecule has 0 bridgehead atoms. The van der Waals surface area contributed by atoms with E-state index in [4.69, 9.17) is 0 Å². The van der Waals surface area contributed by atoms with E-state index >= 15 is 0 Å². The molecule has 0 radical (unpaired) electrons. The molecule has 2 amide bonds. The van der Waals surface area contributed by atoms with Crippen LogP contribution >= 0.6 is 0 Å². The Hall–Kier alpha value is -1.19. The molecule has 0 atom stereocenters. The normalized spacial score (nSPS) is 20.3. The molecule has 2 saturated heterocycles. The van der Waals surface area contributed by atoms with E-state index < -0.39 is 10.0 Å². The summed E-state index contributed by atoms with van der Waals surface area (Å²) >= 11 is 0. The first-order chi connectivity index (χ1) is 13.4. The lowest BCUT2D eigenvalue weighted by molar-refractivity contribution is -0.138. The van der Waals surface area contributed by atoms with Crippen LogP contribution in [0.15, 0.2) is 0 Å². The largest absolute Gasteiger partial charge is 0.355 e. The summed E-state index contributed by atoms with van der Waals surface area (Å²) in [5.74, 6) is 0.298. The van der Waals surface area contributed by atoms with E-state index in [1.807, 2.05) is 18.7 Å². The molecule has 0 saturated carbocycles. The van der Waals surface area contributed by atoms with Crippen LogP contribution in [-0.4, -0.2) is 92.4 Å². The zero-order valence-corrected chi connectivity index (χ0v) is 18.2. The lowest BCUT2D eigenvalue weighted by Gasteiger charge is -2.38. The van der Waals surface area contributed by atoms with Gasteiger partial charge in [0.25, 0.3) is 0 Å². The fraction of sp³-hybridized carbons (Fsp3) is 0.895. The van der Waals surface area contributed by atoms with Crippen LogP contribution in [0.3, 0.4) is 0 Å². The van der Waals surface area contributed by atoms with Crippen LogP contribution < -0.4 is 5.32 Å². The second-order valence-corrected chi connectivity index (χ2v) is 9.88. The highest BCUT2D eigenvalue weighted by Gasteiger charge is 2.33. The number of nitrogens with one attached hydrogen (secondary N) is 1. The van der Waals surface area contributed by atoms with Gasteiger partial charge in [0.15, 0.2) is 0 Å². The van der Waals surface area contributed by atoms with Crippen molar-refractivity contribution in [3.63, 3.8) is 0 Å². The molecule has 0 aliphatic carbocycles. The van der Waals surface area contributed by atoms with Crippen molar-refractivity contribution in [3.8, 4) is 0 Å². The summed E-state index contributed by atoms with van der Waals surface area (Å²) in [7, 11) is -3.18. The summed E-state index contributed by atoms with van der Waals surface area (Å²) in [5.41, 5.74) is 0. The predicted octanol–water partition coefficient (Wildman–Crippen LogP) is 0.499. The number of carbonyl (C=O) groups is 2. The third-order valence-corrected chi connectivity index (χ3v) is 7.53. The number of rotatable bonds is 9. The van der Waals surface area contributed by atoms with Gasteiger partial charge >= 0.3 is 0 Å². The Morgan fingerprint density at radius 2 is 1.61 bits per heavy atom. The Morgan fingerprint density at radius 1 is 0.964 bits per heavy atom. The smallest absolute Gasteiger partial charge is 0.234 e. The fourth-order valence-corrected chi connectivity index (χ4v) is 5.42. The van der Waals surface area contributed by atoms with Gasteiger partial charge in [-0.3, -0.25) is 14.5 Å². The molecule has 2 aliphatic heterocycles. The lowest BCUT2D eigenvalue weighted by atomic mass is 9.96. The quantitative estimate of drug-likeness (QED) is 0.591. The summed E-state index contributed by atoms with van der Waals surface area (Å²) in [5, 5.41) is 2.88. The van der Waals surface area contributed by atoms with Crippen molar-refractivity contribution in [2.24, 2.45) is 5.92 Å². The van der Waals surface area contributed by atoms with E-state index in [1.54, 1.807) is 4.31 Å². The van der Waals surface area contributed by atoms with Gasteiger partial charge < -0.3 is 10.2 Å². The molecule has 0 aromatic heterocycles. The Balaban J connectivity index is 1.74. The van der Waals surface area contributed by atoms with Crippen molar-refractivity contribution in [1.82, 2.24) is 19.4 Å². The molecule has 1 N–H and O–H groups in total. The monoisotopic (exact) mass is 416 g/mol. The Kier molecular flexibility index (Phi) is 9.17. The Labute approximate surface area is 169 Å². The molecule has 2 rings (SSSR count). The standard InChI is InChI=1S/C19H36N4O4S/c1-3-5-15-28(26,27)23-9-6-17(7-10-23)19(25)22-13-11-21(12-14-22)16-18(24)20-8-4-2/h17H,3-16H2,1-2H3,(H,20,24). The van der Waals surface area contributed by atoms with Crippen LogP contribution in [0.4, 0.5) is 0 Å². The van der Waals surface area contributed by atoms with Crippen LogP contribution in [0.1, 0.15) is 46.0 Å². The van der Waals surface area contributed by atoms with Gasteiger partial charge in [-0.2, -0.15) is 0 Å². The Morgan fingerprint density at radius 3 is 2.18 bits per heavy atom. The highest BCUT2D eigenvalue weighted by atomic mass is 32.2. The molecule has 0 spiro atoms. The number of sulfonamides is 1. The average molecular weight is 417 g/mol. The molecule has 0 aromatic rings. The summed E-state index contributed by atoms with van der Waals surface area (Å²) in [6, 6.07) is 0. The minimum atomic E-state index is -3.18. The van der Waals surface area contributed by atoms with Crippen LogP contribution in [0.25, 0.3) is 0 Å². The molecule has 2 aliphatic rings. The molecule has 162 valence electrons. The number of hydrogen-bond acceptors (Lipinski definition) is 5. The third kappa shape index (κ3) is 6.70. The lowest BCUT2D eigenvalue weighted by Crippen LogP contribution is -2.53. The maximum absolute atomic E-state index is 12.8. The first-order valence-electron chi connectivity index (χ1n) is 10.6. The van der Waals surface area contributed by atoms with Crippen LogP contribution in [0, 0.1) is 5.92 Å². The zero-order valence-electron chi connectivity index (χ0n) is 17.4. The number of carbonyl (C=O) groups excluding carboxylic acids is 2. The molecular formula is C19H36N4O4S. The minimum absolute atomic E-state index is 0.0401. The number of hydrogen-bond donors (Lipinski definition) is 1. The van der Waals surface area contributed by atoms with Crippen LogP contribution in [0.5, 0.6) is 0 Å². The molecule has 2 heterocycles. The topological polar surface area (TPSA) is 90.0 Å². The van der Waals surface area contributed by atoms with Crippen molar-refractivity contribution in [2.75, 3.05) is 58.1 Å². The van der Waals surface area contributed by atoms with Crippen LogP contribution in [-0.2, 0) is 19.6 Å². The van der Waals surface area contributed by atoms with Crippen LogP contribution in [0.2, 0.25) is 0 Å². The van der Waals surface area contributed by atoms with Crippen molar-refractivity contribution in [3.05, 3.63) is 0 Å². The predicted molar refractivity (Wildman–Crippen MR) is 109 cm³/mol. The average Bonchev–Trinajstić information content (AvgIpc) is 2.71. The molecule has 2 fully saturated rings. The second kappa shape index (κ2) is 11.1. The van der Waals surface area contributed by atoms with E-state index in [0.29, 0.717) is 71.6 Å². The van der Waals surface area contributed by atoms with E-state index in [2.05, 4.69) is 10.2 Å². The second-order valence-electron chi connectivity index (χ2n) is 7.79. The summed E-state index contributed by atoms with van der Waals surface area (Å²) < 4.78 is 26.2. The fourth-order valence-electron chi connectivity index (χ4n) is 3.74. The molecule has 9 heteroatoms. The third-order valence-electron chi connectivity index (χ3n) is 5.58. The van der Waals surface area contributed by atoms with E-state index in [1.165, 1.54) is 0 Å². The Bertz CT molecular complexity index is 609. The van der Waals surface area contributed by atoms with Crippen molar-refractivity contribution in [2.45, 2.75) is 46.0 Å². The highest BCUT2D eigenvalue weighted by molar-refractivity contribution is 7.89. The van der Waals surface area contributed by atoms with Gasteiger partial charge in [-0.25, -0.2) is 12.7 Å². The van der Waals surface area contributed by atoms with Crippen molar-refractivity contribution >= 4 is 21.8 Å². The number of piperidine rings is 1. The van der Waals surface area contributed by atoms with Gasteiger partial charge in [-0.1, -0.05) is 20.3 Å². The summed E-state index contributed by atoms with van der Waals surface area (Å²) in [4.78, 5) is 28.6. The zero-order chi connectivity index (χ0) is 20.6. The molecule has 0 aromatic carbocycles. The first kappa shape index (κ1) is 23.1. The van der Waals surface area contributed by atoms with Gasteiger partial charge in [0, 0.05) is 51.7 Å². The van der Waals surface area contributed by atoms with Crippen molar-refractivity contribution in [1.29, 1.82) is 0 Å². The van der Waals surface area contributed by atoms with Gasteiger partial charge in [0.2, 0.25) is 21.8 Å². The maximum atomic E-state index is 12.8. The molecule has 8 nitrogen and oxygen atoms in total. The number of piperazine rings is 1. The van der Waals surface area contributed by atoms with Gasteiger partial charge in [0.05, 0.1) is 12.3 Å². The number of amides is 2. The van der Waals surface area contributed by atoms with Crippen molar-refractivity contribution < 1.29 is 18.0 Å². The maximum Gasteiger partial charge on any atom is 0.234 e. The first-order valence-corrected chi connectivity index (χ1v) is 12.2. The van der Waals surface area contributed by atoms with Gasteiger partial charge in [-0.05, 0) is 25.7 Å². The summed E-state index contributed by atoms with van der Waals surface area (Å²) in [6.45, 7) is 8.66. The van der Waals surface area contributed by atoms with Gasteiger partial charge in [-0.15, -0.1) is 0 Å². The van der Waals surface area contributed by atoms with E-state index in [9.17, 15) is 18.0 Å². The highest BCUT2D eigenvalue weighted by Crippen LogP contribution is 2.23. The minimum Gasteiger partial charge on any atom is -0.355 e. The molecule has 28 heavy (non-hydrogen) atoms. The van der Waals surface area contributed by atoms with E-state index in [0.717, 1.165) is 12.8 Å².